The van der Waals surface area contributed by atoms with E-state index in [0.29, 0.717) is 18.7 Å². The summed E-state index contributed by atoms with van der Waals surface area (Å²) >= 11 is 0. The van der Waals surface area contributed by atoms with Gasteiger partial charge in [-0.2, -0.15) is 0 Å². The average molecular weight is 309 g/mol. The van der Waals surface area contributed by atoms with Crippen molar-refractivity contribution in [3.05, 3.63) is 23.8 Å². The summed E-state index contributed by atoms with van der Waals surface area (Å²) in [5, 5.41) is 21.0. The lowest BCUT2D eigenvalue weighted by Crippen LogP contribution is -2.25. The van der Waals surface area contributed by atoms with E-state index in [1.165, 1.54) is 13.2 Å². The normalized spacial score (nSPS) is 10.2. The third-order valence-corrected chi connectivity index (χ3v) is 3.30. The minimum atomic E-state index is -0.760. The number of carbonyl (C=O) groups excluding carboxylic acids is 1. The highest BCUT2D eigenvalue weighted by Gasteiger charge is 2.16. The van der Waals surface area contributed by atoms with Crippen LogP contribution >= 0.6 is 0 Å². The minimum Gasteiger partial charge on any atom is -0.507 e. The highest BCUT2D eigenvalue weighted by molar-refractivity contribution is 5.99. The molecule has 0 heterocycles. The number of amides is 1. The molecule has 0 aliphatic rings. The van der Waals surface area contributed by atoms with E-state index >= 15 is 0 Å². The van der Waals surface area contributed by atoms with E-state index in [4.69, 9.17) is 9.84 Å². The maximum absolute atomic E-state index is 12.0. The van der Waals surface area contributed by atoms with E-state index in [2.05, 4.69) is 5.32 Å². The lowest BCUT2D eigenvalue weighted by atomic mass is 10.1. The summed E-state index contributed by atoms with van der Waals surface area (Å²) in [6.07, 6.45) is 4.48. The van der Waals surface area contributed by atoms with Crippen molar-refractivity contribution in [2.75, 3.05) is 13.7 Å². The predicted octanol–water partition coefficient (Wildman–Crippen LogP) is 2.56. The number of carboxylic acids is 1. The quantitative estimate of drug-likeness (QED) is 0.577. The fraction of sp³-hybridized carbons (Fsp3) is 0.500. The molecule has 1 amide bonds. The largest absolute Gasteiger partial charge is 0.507 e. The van der Waals surface area contributed by atoms with Crippen molar-refractivity contribution in [2.24, 2.45) is 0 Å². The van der Waals surface area contributed by atoms with Crippen LogP contribution in [0.3, 0.4) is 0 Å². The van der Waals surface area contributed by atoms with Crippen LogP contribution in [0.5, 0.6) is 11.5 Å². The van der Waals surface area contributed by atoms with Gasteiger partial charge in [0.25, 0.3) is 5.91 Å². The topological polar surface area (TPSA) is 95.9 Å². The molecule has 122 valence electrons. The molecular weight excluding hydrogens is 286 g/mol. The number of carbonyl (C=O) groups is 2. The van der Waals surface area contributed by atoms with Gasteiger partial charge in [-0.25, -0.2) is 0 Å². The Morgan fingerprint density at radius 2 is 1.82 bits per heavy atom. The highest BCUT2D eigenvalue weighted by Crippen LogP contribution is 2.26. The SMILES string of the molecule is COc1cccc(O)c1C(=O)NCCCCCCCC(=O)O. The Kier molecular flexibility index (Phi) is 7.81. The zero-order chi connectivity index (χ0) is 16.4. The molecule has 0 saturated heterocycles. The molecule has 0 atom stereocenters. The molecule has 0 spiro atoms. The number of methoxy groups -OCH3 is 1. The minimum absolute atomic E-state index is 0.106. The van der Waals surface area contributed by atoms with E-state index in [1.807, 2.05) is 0 Å². The second-order valence-electron chi connectivity index (χ2n) is 5.02. The molecule has 1 aromatic carbocycles. The number of phenolic OH excluding ortho intramolecular Hbond substituents is 1. The molecule has 1 aromatic rings. The van der Waals surface area contributed by atoms with Gasteiger partial charge in [-0.3, -0.25) is 9.59 Å². The van der Waals surface area contributed by atoms with E-state index in [9.17, 15) is 14.7 Å². The van der Waals surface area contributed by atoms with Crippen molar-refractivity contribution >= 4 is 11.9 Å². The molecule has 0 aliphatic heterocycles. The van der Waals surface area contributed by atoms with Gasteiger partial charge < -0.3 is 20.3 Å². The number of carboxylic acid groups (broad SMARTS) is 1. The molecule has 0 saturated carbocycles. The van der Waals surface area contributed by atoms with Gasteiger partial charge in [0.15, 0.2) is 0 Å². The van der Waals surface area contributed by atoms with E-state index in [0.717, 1.165) is 25.7 Å². The first kappa shape index (κ1) is 17.8. The lowest BCUT2D eigenvalue weighted by Gasteiger charge is -2.10. The van der Waals surface area contributed by atoms with Crippen molar-refractivity contribution in [1.29, 1.82) is 0 Å². The Hall–Kier alpha value is -2.24. The summed E-state index contributed by atoms with van der Waals surface area (Å²) in [7, 11) is 1.45. The number of nitrogens with one attached hydrogen (secondary N) is 1. The van der Waals surface area contributed by atoms with Crippen LogP contribution in [0.4, 0.5) is 0 Å². The van der Waals surface area contributed by atoms with Crippen LogP contribution in [-0.4, -0.2) is 35.7 Å². The fourth-order valence-corrected chi connectivity index (χ4v) is 2.14. The third kappa shape index (κ3) is 6.03. The van der Waals surface area contributed by atoms with Gasteiger partial charge in [0, 0.05) is 13.0 Å². The van der Waals surface area contributed by atoms with Crippen molar-refractivity contribution in [3.63, 3.8) is 0 Å². The van der Waals surface area contributed by atoms with Crippen molar-refractivity contribution in [2.45, 2.75) is 38.5 Å². The molecule has 6 heteroatoms. The van der Waals surface area contributed by atoms with Gasteiger partial charge in [0.2, 0.25) is 0 Å². The van der Waals surface area contributed by atoms with Crippen molar-refractivity contribution < 1.29 is 24.5 Å². The monoisotopic (exact) mass is 309 g/mol. The smallest absolute Gasteiger partial charge is 0.303 e. The molecular formula is C16H23NO5. The number of aliphatic carboxylic acids is 1. The summed E-state index contributed by atoms with van der Waals surface area (Å²) in [5.74, 6) is -0.888. The second-order valence-corrected chi connectivity index (χ2v) is 5.02. The number of aromatic hydroxyl groups is 1. The lowest BCUT2D eigenvalue weighted by molar-refractivity contribution is -0.137. The van der Waals surface area contributed by atoms with Crippen molar-refractivity contribution in [3.8, 4) is 11.5 Å². The zero-order valence-corrected chi connectivity index (χ0v) is 12.8. The summed E-state index contributed by atoms with van der Waals surface area (Å²) in [6.45, 7) is 0.509. The summed E-state index contributed by atoms with van der Waals surface area (Å²) in [4.78, 5) is 22.4. The maximum Gasteiger partial charge on any atom is 0.303 e. The Balaban J connectivity index is 2.25. The van der Waals surface area contributed by atoms with Gasteiger partial charge in [-0.05, 0) is 25.0 Å². The summed E-state index contributed by atoms with van der Waals surface area (Å²) < 4.78 is 5.07. The number of hydrogen-bond donors (Lipinski definition) is 3. The highest BCUT2D eigenvalue weighted by atomic mass is 16.5. The molecule has 3 N–H and O–H groups in total. The fourth-order valence-electron chi connectivity index (χ4n) is 2.14. The molecule has 0 bridgehead atoms. The van der Waals surface area contributed by atoms with Crippen LogP contribution in [0.1, 0.15) is 48.9 Å². The van der Waals surface area contributed by atoms with Crippen LogP contribution in [0.2, 0.25) is 0 Å². The molecule has 22 heavy (non-hydrogen) atoms. The Labute approximate surface area is 130 Å². The third-order valence-electron chi connectivity index (χ3n) is 3.30. The molecule has 0 aromatic heterocycles. The number of rotatable bonds is 10. The number of ether oxygens (including phenoxy) is 1. The molecule has 0 aliphatic carbocycles. The van der Waals surface area contributed by atoms with E-state index in [-0.39, 0.29) is 23.6 Å². The van der Waals surface area contributed by atoms with E-state index < -0.39 is 5.97 Å². The Bertz CT molecular complexity index is 501. The molecule has 0 unspecified atom stereocenters. The standard InChI is InChI=1S/C16H23NO5/c1-22-13-9-7-8-12(18)15(13)16(21)17-11-6-4-2-3-5-10-14(19)20/h7-9,18H,2-6,10-11H2,1H3,(H,17,21)(H,19,20). The number of phenols is 1. The second kappa shape index (κ2) is 9.65. The molecule has 6 nitrogen and oxygen atoms in total. The summed E-state index contributed by atoms with van der Waals surface area (Å²) in [6, 6.07) is 4.68. The Morgan fingerprint density at radius 3 is 2.50 bits per heavy atom. The zero-order valence-electron chi connectivity index (χ0n) is 12.8. The van der Waals surface area contributed by atoms with Crippen molar-refractivity contribution in [1.82, 2.24) is 5.32 Å². The van der Waals surface area contributed by atoms with E-state index in [1.54, 1.807) is 12.1 Å². The first-order valence-corrected chi connectivity index (χ1v) is 7.42. The maximum atomic E-state index is 12.0. The van der Waals surface area contributed by atoms with Gasteiger partial charge in [0.1, 0.15) is 17.1 Å². The average Bonchev–Trinajstić information content (AvgIpc) is 2.49. The van der Waals surface area contributed by atoms with Crippen LogP contribution in [-0.2, 0) is 4.79 Å². The number of unbranched alkanes of at least 4 members (excludes halogenated alkanes) is 4. The number of benzene rings is 1. The molecule has 0 radical (unpaired) electrons. The van der Waals surface area contributed by atoms with Gasteiger partial charge in [-0.1, -0.05) is 25.3 Å². The first-order valence-electron chi connectivity index (χ1n) is 7.42. The van der Waals surface area contributed by atoms with Crippen LogP contribution < -0.4 is 10.1 Å². The van der Waals surface area contributed by atoms with Gasteiger partial charge in [0.05, 0.1) is 7.11 Å². The molecule has 0 fully saturated rings. The number of hydrogen-bond acceptors (Lipinski definition) is 4. The summed E-state index contributed by atoms with van der Waals surface area (Å²) in [5.41, 5.74) is 0.145. The van der Waals surface area contributed by atoms with Gasteiger partial charge in [-0.15, -0.1) is 0 Å². The van der Waals surface area contributed by atoms with Crippen LogP contribution in [0.15, 0.2) is 18.2 Å². The Morgan fingerprint density at radius 1 is 1.14 bits per heavy atom. The molecule has 1 rings (SSSR count). The predicted molar refractivity (Wildman–Crippen MR) is 82.3 cm³/mol. The van der Waals surface area contributed by atoms with Gasteiger partial charge >= 0.3 is 5.97 Å². The van der Waals surface area contributed by atoms with Crippen LogP contribution in [0, 0.1) is 0 Å². The first-order chi connectivity index (χ1) is 10.6. The van der Waals surface area contributed by atoms with Crippen LogP contribution in [0.25, 0.3) is 0 Å².